The van der Waals surface area contributed by atoms with Gasteiger partial charge in [0.25, 0.3) is 0 Å². The molecule has 0 aliphatic carbocycles. The van der Waals surface area contributed by atoms with E-state index < -0.39 is 0 Å². The molecular weight excluding hydrogens is 386 g/mol. The Morgan fingerprint density at radius 2 is 1.65 bits per heavy atom. The van der Waals surface area contributed by atoms with Crippen LogP contribution in [0.1, 0.15) is 11.7 Å². The Bertz CT molecular complexity index is 1090. The number of anilines is 1. The Morgan fingerprint density at radius 1 is 0.846 bits per heavy atom. The van der Waals surface area contributed by atoms with Gasteiger partial charge < -0.3 is 5.32 Å². The van der Waals surface area contributed by atoms with Crippen LogP contribution in [0.25, 0.3) is 22.5 Å². The van der Waals surface area contributed by atoms with Crippen molar-refractivity contribution in [3.8, 4) is 22.5 Å². The molecule has 1 atom stereocenters. The van der Waals surface area contributed by atoms with Gasteiger partial charge in [-0.3, -0.25) is 0 Å². The monoisotopic (exact) mass is 401 g/mol. The minimum atomic E-state index is -0.0464. The molecule has 4 heteroatoms. The Morgan fingerprint density at radius 3 is 2.50 bits per heavy atom. The highest BCUT2D eigenvalue weighted by molar-refractivity contribution is 9.10. The molecule has 0 bridgehead atoms. The maximum Gasteiger partial charge on any atom is 0.147 e. The fourth-order valence-electron chi connectivity index (χ4n) is 3.48. The number of hydrogen-bond acceptors (Lipinski definition) is 2. The van der Waals surface area contributed by atoms with Crippen molar-refractivity contribution in [1.29, 1.82) is 0 Å². The van der Waals surface area contributed by atoms with Crippen LogP contribution in [0.4, 0.5) is 5.69 Å². The topological polar surface area (TPSA) is 29.9 Å². The lowest BCUT2D eigenvalue weighted by atomic mass is 10.0. The lowest BCUT2D eigenvalue weighted by Gasteiger charge is -2.29. The highest BCUT2D eigenvalue weighted by Crippen LogP contribution is 2.40. The third kappa shape index (κ3) is 2.54. The molecule has 1 aliphatic rings. The summed E-state index contributed by atoms with van der Waals surface area (Å²) in [6.07, 6.45) is -0.0464. The summed E-state index contributed by atoms with van der Waals surface area (Å²) in [6, 6.07) is 29.3. The number of rotatable bonds is 2. The molecule has 0 radical (unpaired) electrons. The van der Waals surface area contributed by atoms with Gasteiger partial charge in [-0.1, -0.05) is 76.6 Å². The Labute approximate surface area is 160 Å². The van der Waals surface area contributed by atoms with E-state index in [1.54, 1.807) is 0 Å². The molecule has 1 aromatic heterocycles. The van der Waals surface area contributed by atoms with Crippen molar-refractivity contribution in [3.63, 3.8) is 0 Å². The van der Waals surface area contributed by atoms with Gasteiger partial charge in [0.15, 0.2) is 0 Å². The number of halogens is 1. The van der Waals surface area contributed by atoms with Gasteiger partial charge in [0, 0.05) is 21.3 Å². The van der Waals surface area contributed by atoms with Crippen LogP contribution in [0.2, 0.25) is 0 Å². The zero-order chi connectivity index (χ0) is 17.5. The molecule has 26 heavy (non-hydrogen) atoms. The standard InChI is InChI=1S/C22H16BrN3/c23-17-10-6-9-16(13-17)22-24-19-12-5-4-11-18(19)21-14-20(25-26(21)22)15-7-2-1-3-8-15/h1-14,22,24H. The molecular formula is C22H16BrN3. The second-order valence-electron chi connectivity index (χ2n) is 6.37. The van der Waals surface area contributed by atoms with E-state index >= 15 is 0 Å². The van der Waals surface area contributed by atoms with Crippen LogP contribution in [0.15, 0.2) is 89.4 Å². The van der Waals surface area contributed by atoms with Crippen molar-refractivity contribution in [2.24, 2.45) is 0 Å². The summed E-state index contributed by atoms with van der Waals surface area (Å²) < 4.78 is 3.15. The lowest BCUT2D eigenvalue weighted by Crippen LogP contribution is -2.25. The van der Waals surface area contributed by atoms with E-state index in [-0.39, 0.29) is 6.17 Å². The number of nitrogens with zero attached hydrogens (tertiary/aromatic N) is 2. The molecule has 3 aromatic carbocycles. The fourth-order valence-corrected chi connectivity index (χ4v) is 3.90. The molecule has 4 aromatic rings. The average Bonchev–Trinajstić information content (AvgIpc) is 3.14. The van der Waals surface area contributed by atoms with Gasteiger partial charge in [0.1, 0.15) is 6.17 Å². The summed E-state index contributed by atoms with van der Waals surface area (Å²) in [5, 5.41) is 8.59. The Kier molecular flexibility index (Phi) is 3.64. The van der Waals surface area contributed by atoms with Crippen LogP contribution in [-0.4, -0.2) is 9.78 Å². The van der Waals surface area contributed by atoms with Crippen molar-refractivity contribution >= 4 is 21.6 Å². The first-order valence-corrected chi connectivity index (χ1v) is 9.35. The summed E-state index contributed by atoms with van der Waals surface area (Å²) in [5.41, 5.74) is 6.71. The zero-order valence-electron chi connectivity index (χ0n) is 13.9. The van der Waals surface area contributed by atoms with E-state index in [4.69, 9.17) is 5.10 Å². The van der Waals surface area contributed by atoms with Crippen molar-refractivity contribution in [1.82, 2.24) is 9.78 Å². The molecule has 2 heterocycles. The molecule has 1 aliphatic heterocycles. The van der Waals surface area contributed by atoms with Gasteiger partial charge in [0.05, 0.1) is 11.4 Å². The van der Waals surface area contributed by atoms with Gasteiger partial charge >= 0.3 is 0 Å². The molecule has 1 N–H and O–H groups in total. The summed E-state index contributed by atoms with van der Waals surface area (Å²) >= 11 is 3.58. The first-order chi connectivity index (χ1) is 12.8. The van der Waals surface area contributed by atoms with E-state index in [0.717, 1.165) is 32.7 Å². The molecule has 0 saturated carbocycles. The third-order valence-corrected chi connectivity index (χ3v) is 5.20. The van der Waals surface area contributed by atoms with E-state index in [2.05, 4.69) is 86.6 Å². The summed E-state index contributed by atoms with van der Waals surface area (Å²) in [4.78, 5) is 0. The van der Waals surface area contributed by atoms with Gasteiger partial charge in [-0.2, -0.15) is 5.10 Å². The molecule has 3 nitrogen and oxygen atoms in total. The second kappa shape index (κ2) is 6.15. The third-order valence-electron chi connectivity index (χ3n) is 4.71. The molecule has 5 rings (SSSR count). The van der Waals surface area contributed by atoms with Crippen molar-refractivity contribution in [2.75, 3.05) is 5.32 Å². The Hall–Kier alpha value is -2.85. The molecule has 0 fully saturated rings. The Balaban J connectivity index is 1.71. The van der Waals surface area contributed by atoms with Crippen molar-refractivity contribution in [2.45, 2.75) is 6.17 Å². The SMILES string of the molecule is Brc1cccc(C2Nc3ccccc3-c3cc(-c4ccccc4)nn32)c1. The summed E-state index contributed by atoms with van der Waals surface area (Å²) in [5.74, 6) is 0. The molecule has 0 saturated heterocycles. The van der Waals surface area contributed by atoms with Crippen LogP contribution in [0.5, 0.6) is 0 Å². The van der Waals surface area contributed by atoms with Gasteiger partial charge in [-0.25, -0.2) is 4.68 Å². The van der Waals surface area contributed by atoms with Crippen LogP contribution in [-0.2, 0) is 0 Å². The first kappa shape index (κ1) is 15.4. The predicted molar refractivity (Wildman–Crippen MR) is 109 cm³/mol. The number of para-hydroxylation sites is 1. The van der Waals surface area contributed by atoms with Crippen LogP contribution >= 0.6 is 15.9 Å². The van der Waals surface area contributed by atoms with E-state index in [9.17, 15) is 0 Å². The molecule has 0 spiro atoms. The van der Waals surface area contributed by atoms with E-state index in [1.807, 2.05) is 24.3 Å². The summed E-state index contributed by atoms with van der Waals surface area (Å²) in [7, 11) is 0. The smallest absolute Gasteiger partial charge is 0.147 e. The van der Waals surface area contributed by atoms with E-state index in [1.165, 1.54) is 5.56 Å². The van der Waals surface area contributed by atoms with Crippen LogP contribution in [0.3, 0.4) is 0 Å². The van der Waals surface area contributed by atoms with Gasteiger partial charge in [-0.15, -0.1) is 0 Å². The molecule has 0 amide bonds. The van der Waals surface area contributed by atoms with E-state index in [0.29, 0.717) is 0 Å². The van der Waals surface area contributed by atoms with Gasteiger partial charge in [0.2, 0.25) is 0 Å². The van der Waals surface area contributed by atoms with Crippen LogP contribution in [0, 0.1) is 0 Å². The van der Waals surface area contributed by atoms with Gasteiger partial charge in [-0.05, 0) is 29.8 Å². The largest absolute Gasteiger partial charge is 0.359 e. The first-order valence-electron chi connectivity index (χ1n) is 8.56. The van der Waals surface area contributed by atoms with Crippen molar-refractivity contribution in [3.05, 3.63) is 95.0 Å². The average molecular weight is 402 g/mol. The minimum Gasteiger partial charge on any atom is -0.359 e. The number of hydrogen-bond donors (Lipinski definition) is 1. The van der Waals surface area contributed by atoms with Crippen molar-refractivity contribution < 1.29 is 0 Å². The number of fused-ring (bicyclic) bond motifs is 3. The number of aromatic nitrogens is 2. The highest BCUT2D eigenvalue weighted by atomic mass is 79.9. The maximum absolute atomic E-state index is 4.95. The van der Waals surface area contributed by atoms with Crippen LogP contribution < -0.4 is 5.32 Å². The lowest BCUT2D eigenvalue weighted by molar-refractivity contribution is 0.577. The number of nitrogens with one attached hydrogen (secondary N) is 1. The predicted octanol–water partition coefficient (Wildman–Crippen LogP) is 5.95. The molecule has 126 valence electrons. The maximum atomic E-state index is 4.95. The highest BCUT2D eigenvalue weighted by Gasteiger charge is 2.27. The fraction of sp³-hybridized carbons (Fsp3) is 0.0455. The quantitative estimate of drug-likeness (QED) is 0.449. The normalized spacial score (nSPS) is 15.0. The number of benzene rings is 3. The summed E-state index contributed by atoms with van der Waals surface area (Å²) in [6.45, 7) is 0. The zero-order valence-corrected chi connectivity index (χ0v) is 15.5. The molecule has 1 unspecified atom stereocenters. The second-order valence-corrected chi connectivity index (χ2v) is 7.29. The minimum absolute atomic E-state index is 0.0464.